The van der Waals surface area contributed by atoms with Gasteiger partial charge in [0.15, 0.2) is 0 Å². The van der Waals surface area contributed by atoms with E-state index in [9.17, 15) is 14.4 Å². The van der Waals surface area contributed by atoms with Gasteiger partial charge in [0.2, 0.25) is 0 Å². The number of hydrogen-bond acceptors (Lipinski definition) is 7. The number of benzene rings is 1. The predicted molar refractivity (Wildman–Crippen MR) is 121 cm³/mol. The Hall–Kier alpha value is -3.07. The molecule has 1 fully saturated rings. The van der Waals surface area contributed by atoms with Crippen LogP contribution in [0.5, 0.6) is 5.75 Å². The molecule has 33 heavy (non-hydrogen) atoms. The van der Waals surface area contributed by atoms with E-state index in [-0.39, 0.29) is 18.5 Å². The van der Waals surface area contributed by atoms with E-state index in [2.05, 4.69) is 15.5 Å². The molecule has 0 unspecified atom stereocenters. The first-order chi connectivity index (χ1) is 16.0. The Balaban J connectivity index is 1.89. The van der Waals surface area contributed by atoms with Crippen LogP contribution < -0.4 is 15.4 Å². The maximum absolute atomic E-state index is 13.0. The Morgan fingerprint density at radius 2 is 1.79 bits per heavy atom. The van der Waals surface area contributed by atoms with E-state index in [0.717, 1.165) is 24.9 Å². The summed E-state index contributed by atoms with van der Waals surface area (Å²) in [6.45, 7) is 8.14. The van der Waals surface area contributed by atoms with Crippen molar-refractivity contribution in [3.63, 3.8) is 0 Å². The highest BCUT2D eigenvalue weighted by atomic mass is 16.5. The zero-order valence-electron chi connectivity index (χ0n) is 19.5. The molecule has 2 atom stereocenters. The summed E-state index contributed by atoms with van der Waals surface area (Å²) in [5, 5.41) is 5.64. The van der Waals surface area contributed by atoms with Crippen LogP contribution in [0.3, 0.4) is 0 Å². The van der Waals surface area contributed by atoms with E-state index in [1.807, 2.05) is 31.2 Å². The van der Waals surface area contributed by atoms with Crippen molar-refractivity contribution in [3.8, 4) is 5.75 Å². The Morgan fingerprint density at radius 1 is 1.06 bits per heavy atom. The molecule has 2 heterocycles. The van der Waals surface area contributed by atoms with Crippen LogP contribution in [0.25, 0.3) is 0 Å². The highest BCUT2D eigenvalue weighted by Gasteiger charge is 2.35. The van der Waals surface area contributed by atoms with E-state index < -0.39 is 18.0 Å². The molecule has 0 saturated carbocycles. The summed E-state index contributed by atoms with van der Waals surface area (Å²) >= 11 is 0. The third kappa shape index (κ3) is 6.25. The van der Waals surface area contributed by atoms with Gasteiger partial charge in [0.25, 0.3) is 0 Å². The minimum Gasteiger partial charge on any atom is -0.494 e. The van der Waals surface area contributed by atoms with Gasteiger partial charge in [-0.05, 0) is 57.9 Å². The number of nitrogens with zero attached hydrogens (tertiary/aromatic N) is 1. The van der Waals surface area contributed by atoms with Gasteiger partial charge in [0, 0.05) is 18.8 Å². The molecule has 0 spiro atoms. The largest absolute Gasteiger partial charge is 0.494 e. The summed E-state index contributed by atoms with van der Waals surface area (Å²) in [5.41, 5.74) is 1.59. The zero-order valence-corrected chi connectivity index (χ0v) is 19.5. The van der Waals surface area contributed by atoms with Crippen molar-refractivity contribution >= 4 is 18.0 Å². The van der Waals surface area contributed by atoms with Crippen LogP contribution in [-0.4, -0.2) is 62.3 Å². The van der Waals surface area contributed by atoms with Crippen LogP contribution in [0.1, 0.15) is 45.2 Å². The minimum absolute atomic E-state index is 0.205. The van der Waals surface area contributed by atoms with Gasteiger partial charge in [0.05, 0.1) is 37.4 Å². The summed E-state index contributed by atoms with van der Waals surface area (Å²) < 4.78 is 16.0. The number of likely N-dealkylation sites (tertiary alicyclic amines) is 1. The van der Waals surface area contributed by atoms with Gasteiger partial charge in [-0.2, -0.15) is 0 Å². The number of carbonyl (C=O) groups excluding carboxylic acids is 3. The SMILES string of the molecule is CCOC(=O)C1=C(CN2CCC[C@@H](C(=O)OCC)C2)NC(=O)N[C@H]1c1ccc(OCC)cc1. The molecular formula is C24H33N3O6. The molecule has 3 rings (SSSR count). The number of piperidine rings is 1. The Kier molecular flexibility index (Phi) is 8.71. The van der Waals surface area contributed by atoms with Gasteiger partial charge in [-0.15, -0.1) is 0 Å². The molecule has 1 saturated heterocycles. The molecule has 2 amide bonds. The number of ether oxygens (including phenoxy) is 3. The molecule has 9 nitrogen and oxygen atoms in total. The van der Waals surface area contributed by atoms with Gasteiger partial charge >= 0.3 is 18.0 Å². The molecule has 0 radical (unpaired) electrons. The minimum atomic E-state index is -0.658. The molecule has 180 valence electrons. The van der Waals surface area contributed by atoms with E-state index in [0.29, 0.717) is 43.3 Å². The third-order valence-corrected chi connectivity index (χ3v) is 5.68. The van der Waals surface area contributed by atoms with E-state index in [1.165, 1.54) is 0 Å². The molecule has 2 aliphatic heterocycles. The summed E-state index contributed by atoms with van der Waals surface area (Å²) in [5.74, 6) is -0.201. The van der Waals surface area contributed by atoms with E-state index in [1.54, 1.807) is 13.8 Å². The maximum atomic E-state index is 13.0. The van der Waals surface area contributed by atoms with Gasteiger partial charge in [-0.1, -0.05) is 12.1 Å². The van der Waals surface area contributed by atoms with Gasteiger partial charge in [0.1, 0.15) is 5.75 Å². The number of amides is 2. The fourth-order valence-electron chi connectivity index (χ4n) is 4.24. The van der Waals surface area contributed by atoms with Crippen molar-refractivity contribution in [2.24, 2.45) is 5.92 Å². The fraction of sp³-hybridized carbons (Fsp3) is 0.542. The number of hydrogen-bond donors (Lipinski definition) is 2. The topological polar surface area (TPSA) is 106 Å². The first-order valence-corrected chi connectivity index (χ1v) is 11.6. The fourth-order valence-corrected chi connectivity index (χ4v) is 4.24. The number of urea groups is 1. The molecule has 1 aromatic carbocycles. The lowest BCUT2D eigenvalue weighted by Gasteiger charge is -2.35. The van der Waals surface area contributed by atoms with Crippen LogP contribution in [0, 0.1) is 5.92 Å². The van der Waals surface area contributed by atoms with E-state index >= 15 is 0 Å². The normalized spacial score (nSPS) is 21.1. The first-order valence-electron chi connectivity index (χ1n) is 11.6. The zero-order chi connectivity index (χ0) is 23.8. The van der Waals surface area contributed by atoms with Crippen molar-refractivity contribution in [3.05, 3.63) is 41.1 Å². The summed E-state index contributed by atoms with van der Waals surface area (Å²) in [6, 6.07) is 6.23. The second kappa shape index (κ2) is 11.7. The lowest BCUT2D eigenvalue weighted by atomic mass is 9.93. The first kappa shape index (κ1) is 24.6. The standard InChI is InChI=1S/C24H33N3O6/c1-4-31-18-11-9-16(10-12-18)21-20(23(29)33-6-3)19(25-24(30)26-21)15-27-13-7-8-17(14-27)22(28)32-5-2/h9-12,17,21H,4-8,13-15H2,1-3H3,(H2,25,26,30)/t17-,21+/m1/s1. The number of rotatable bonds is 9. The number of esters is 2. The van der Waals surface area contributed by atoms with Crippen molar-refractivity contribution in [1.82, 2.24) is 15.5 Å². The molecule has 0 aromatic heterocycles. The average molecular weight is 460 g/mol. The van der Waals surface area contributed by atoms with Crippen LogP contribution >= 0.6 is 0 Å². The van der Waals surface area contributed by atoms with Crippen molar-refractivity contribution in [2.75, 3.05) is 39.5 Å². The lowest BCUT2D eigenvalue weighted by Crippen LogP contribution is -2.50. The smallest absolute Gasteiger partial charge is 0.338 e. The molecule has 0 bridgehead atoms. The molecule has 1 aromatic rings. The maximum Gasteiger partial charge on any atom is 0.338 e. The highest BCUT2D eigenvalue weighted by molar-refractivity contribution is 5.95. The Bertz CT molecular complexity index is 883. The van der Waals surface area contributed by atoms with Gasteiger partial charge in [-0.3, -0.25) is 9.69 Å². The van der Waals surface area contributed by atoms with Crippen LogP contribution in [0.15, 0.2) is 35.5 Å². The molecule has 2 N–H and O–H groups in total. The second-order valence-electron chi connectivity index (χ2n) is 7.97. The van der Waals surface area contributed by atoms with Gasteiger partial charge < -0.3 is 24.8 Å². The Labute approximate surface area is 194 Å². The molecule has 9 heteroatoms. The summed E-state index contributed by atoms with van der Waals surface area (Å²) in [7, 11) is 0. The predicted octanol–water partition coefficient (Wildman–Crippen LogP) is 2.53. The van der Waals surface area contributed by atoms with Crippen LogP contribution in [0.2, 0.25) is 0 Å². The monoisotopic (exact) mass is 459 g/mol. The highest BCUT2D eigenvalue weighted by Crippen LogP contribution is 2.30. The van der Waals surface area contributed by atoms with Crippen LogP contribution in [-0.2, 0) is 19.1 Å². The number of carbonyl (C=O) groups is 3. The molecular weight excluding hydrogens is 426 g/mol. The average Bonchev–Trinajstić information content (AvgIpc) is 2.80. The second-order valence-corrected chi connectivity index (χ2v) is 7.97. The summed E-state index contributed by atoms with van der Waals surface area (Å²) in [6.07, 6.45) is 1.60. The molecule has 0 aliphatic carbocycles. The van der Waals surface area contributed by atoms with Crippen molar-refractivity contribution in [2.45, 2.75) is 39.7 Å². The van der Waals surface area contributed by atoms with Gasteiger partial charge in [-0.25, -0.2) is 9.59 Å². The quantitative estimate of drug-likeness (QED) is 0.547. The van der Waals surface area contributed by atoms with E-state index in [4.69, 9.17) is 14.2 Å². The van der Waals surface area contributed by atoms with Crippen LogP contribution in [0.4, 0.5) is 4.79 Å². The van der Waals surface area contributed by atoms with Crippen molar-refractivity contribution < 1.29 is 28.6 Å². The lowest BCUT2D eigenvalue weighted by molar-refractivity contribution is -0.150. The summed E-state index contributed by atoms with van der Waals surface area (Å²) in [4.78, 5) is 39.8. The van der Waals surface area contributed by atoms with Crippen molar-refractivity contribution in [1.29, 1.82) is 0 Å². The Morgan fingerprint density at radius 3 is 2.45 bits per heavy atom. The molecule has 2 aliphatic rings. The third-order valence-electron chi connectivity index (χ3n) is 5.68. The number of nitrogens with one attached hydrogen (secondary N) is 2.